The average Bonchev–Trinajstić information content (AvgIpc) is 2.48. The number of unbranched alkanes of at least 4 members (excludes halogenated alkanes) is 10. The quantitative estimate of drug-likeness (QED) is 0.279. The zero-order chi connectivity index (χ0) is 15.8. The maximum atomic E-state index is 11.0. The molecule has 0 aromatic carbocycles. The smallest absolute Gasteiger partial charge is 0.187 e. The molecule has 0 aromatic rings. The second-order valence-electron chi connectivity index (χ2n) is 7.01. The normalized spacial score (nSPS) is 11.5. The van der Waals surface area contributed by atoms with E-state index in [1.807, 2.05) is 0 Å². The van der Waals surface area contributed by atoms with Crippen molar-refractivity contribution in [3.8, 4) is 0 Å². The highest BCUT2D eigenvalue weighted by molar-refractivity contribution is 5.75. The lowest BCUT2D eigenvalue weighted by atomic mass is 9.85. The third-order valence-corrected chi connectivity index (χ3v) is 4.74. The van der Waals surface area contributed by atoms with Gasteiger partial charge in [-0.3, -0.25) is 0 Å². The van der Waals surface area contributed by atoms with Gasteiger partial charge in [0.05, 0.1) is 5.60 Å². The second-order valence-corrected chi connectivity index (χ2v) is 7.01. The van der Waals surface area contributed by atoms with Crippen molar-refractivity contribution in [2.24, 2.45) is 0 Å². The van der Waals surface area contributed by atoms with Gasteiger partial charge in [-0.15, -0.1) is 0 Å². The molecule has 0 radical (unpaired) electrons. The fourth-order valence-corrected chi connectivity index (χ4v) is 3.19. The molecule has 1 N–H and O–H groups in total. The Morgan fingerprint density at radius 3 is 1.09 bits per heavy atom. The summed E-state index contributed by atoms with van der Waals surface area (Å²) in [6.45, 7) is 6.77. The van der Waals surface area contributed by atoms with E-state index < -0.39 is 0 Å². The number of rotatable bonds is 16. The summed E-state index contributed by atoms with van der Waals surface area (Å²) >= 11 is 0. The van der Waals surface area contributed by atoms with Crippen LogP contribution >= 0.6 is 0 Å². The summed E-state index contributed by atoms with van der Waals surface area (Å²) in [5.74, 6) is 0. The van der Waals surface area contributed by atoms with Gasteiger partial charge in [-0.25, -0.2) is 0 Å². The summed E-state index contributed by atoms with van der Waals surface area (Å²) < 4.78 is 0. The van der Waals surface area contributed by atoms with Gasteiger partial charge in [-0.1, -0.05) is 104 Å². The predicted octanol–water partition coefficient (Wildman–Crippen LogP) is 5.83. The zero-order valence-corrected chi connectivity index (χ0v) is 15.3. The van der Waals surface area contributed by atoms with Crippen molar-refractivity contribution in [2.75, 3.05) is 0 Å². The maximum absolute atomic E-state index is 11.0. The Morgan fingerprint density at radius 1 is 0.500 bits per heavy atom. The summed E-state index contributed by atoms with van der Waals surface area (Å²) in [4.78, 5) is 0. The highest BCUT2D eigenvalue weighted by atomic mass is 27.0. The van der Waals surface area contributed by atoms with Gasteiger partial charge in [0.15, 0.2) is 17.4 Å². The van der Waals surface area contributed by atoms with Crippen LogP contribution in [-0.2, 0) is 0 Å². The van der Waals surface area contributed by atoms with Crippen molar-refractivity contribution < 1.29 is 5.11 Å². The second kappa shape index (κ2) is 17.8. The monoisotopic (exact) mass is 328 g/mol. The van der Waals surface area contributed by atoms with Gasteiger partial charge in [0.2, 0.25) is 0 Å². The van der Waals surface area contributed by atoms with Crippen LogP contribution < -0.4 is 0 Å². The first kappa shape index (κ1) is 24.7. The van der Waals surface area contributed by atoms with Crippen LogP contribution in [0.15, 0.2) is 0 Å². The summed E-state index contributed by atoms with van der Waals surface area (Å²) in [6.07, 6.45) is 19.9. The standard InChI is InChI=1S/C20H42O.Al.3H/c1-4-7-10-13-16-19-20(21,17-14-11-8-5-2)18-15-12-9-6-3;;;;/h21H,4-19H2,1-3H3;;;;. The van der Waals surface area contributed by atoms with Gasteiger partial charge >= 0.3 is 0 Å². The van der Waals surface area contributed by atoms with Crippen molar-refractivity contribution in [3.05, 3.63) is 0 Å². The Bertz CT molecular complexity index is 194. The molecule has 0 spiro atoms. The average molecular weight is 329 g/mol. The van der Waals surface area contributed by atoms with Crippen LogP contribution in [0.25, 0.3) is 0 Å². The van der Waals surface area contributed by atoms with Crippen LogP contribution in [0.3, 0.4) is 0 Å². The van der Waals surface area contributed by atoms with E-state index in [0.29, 0.717) is 0 Å². The predicted molar refractivity (Wildman–Crippen MR) is 106 cm³/mol. The van der Waals surface area contributed by atoms with Crippen LogP contribution in [-0.4, -0.2) is 28.1 Å². The van der Waals surface area contributed by atoms with Gasteiger partial charge in [0, 0.05) is 0 Å². The number of aliphatic hydroxyl groups is 1. The molecule has 0 heterocycles. The van der Waals surface area contributed by atoms with E-state index in [0.717, 1.165) is 19.3 Å². The van der Waals surface area contributed by atoms with Gasteiger partial charge in [0.25, 0.3) is 0 Å². The molecule has 0 fully saturated rings. The topological polar surface area (TPSA) is 20.2 Å². The van der Waals surface area contributed by atoms with E-state index in [2.05, 4.69) is 20.8 Å². The third kappa shape index (κ3) is 15.4. The summed E-state index contributed by atoms with van der Waals surface area (Å²) in [7, 11) is 0. The van der Waals surface area contributed by atoms with Crippen molar-refractivity contribution in [1.82, 2.24) is 0 Å². The van der Waals surface area contributed by atoms with Crippen LogP contribution in [0.5, 0.6) is 0 Å². The zero-order valence-electron chi connectivity index (χ0n) is 15.3. The summed E-state index contributed by atoms with van der Waals surface area (Å²) in [5.41, 5.74) is -0.353. The number of hydrogen-bond donors (Lipinski definition) is 1. The molecule has 2 heteroatoms. The Balaban J connectivity index is 0. The Morgan fingerprint density at radius 2 is 0.773 bits per heavy atom. The fraction of sp³-hybridized carbons (Fsp3) is 1.00. The highest BCUT2D eigenvalue weighted by Gasteiger charge is 2.24. The van der Waals surface area contributed by atoms with Gasteiger partial charge in [-0.05, 0) is 19.3 Å². The lowest BCUT2D eigenvalue weighted by Crippen LogP contribution is -2.28. The molecule has 22 heavy (non-hydrogen) atoms. The lowest BCUT2D eigenvalue weighted by Gasteiger charge is -2.28. The van der Waals surface area contributed by atoms with Gasteiger partial charge in [-0.2, -0.15) is 0 Å². The molecule has 0 aliphatic carbocycles. The molecule has 1 nitrogen and oxygen atoms in total. The Hall–Kier alpha value is 0.492. The molecular weight excluding hydrogens is 283 g/mol. The molecule has 134 valence electrons. The number of hydrogen-bond acceptors (Lipinski definition) is 1. The molecule has 0 aromatic heterocycles. The largest absolute Gasteiger partial charge is 0.390 e. The molecular formula is C20H45AlO. The minimum Gasteiger partial charge on any atom is -0.390 e. The molecule has 0 atom stereocenters. The van der Waals surface area contributed by atoms with Crippen LogP contribution in [0, 0.1) is 0 Å². The molecule has 0 unspecified atom stereocenters. The highest BCUT2D eigenvalue weighted by Crippen LogP contribution is 2.28. The summed E-state index contributed by atoms with van der Waals surface area (Å²) in [5, 5.41) is 11.0. The van der Waals surface area contributed by atoms with Crippen LogP contribution in [0.2, 0.25) is 0 Å². The molecule has 0 saturated carbocycles. The van der Waals surface area contributed by atoms with Crippen LogP contribution in [0.4, 0.5) is 0 Å². The van der Waals surface area contributed by atoms with Gasteiger partial charge < -0.3 is 5.11 Å². The fourth-order valence-electron chi connectivity index (χ4n) is 3.19. The van der Waals surface area contributed by atoms with Crippen LogP contribution in [0.1, 0.15) is 124 Å². The first-order valence-electron chi connectivity index (χ1n) is 9.91. The minimum atomic E-state index is -0.353. The van der Waals surface area contributed by atoms with E-state index in [4.69, 9.17) is 0 Å². The Kier molecular flexibility index (Phi) is 20.1. The van der Waals surface area contributed by atoms with E-state index in [9.17, 15) is 5.11 Å². The lowest BCUT2D eigenvalue weighted by molar-refractivity contribution is 0.00710. The molecule has 0 rings (SSSR count). The first-order chi connectivity index (χ1) is 10.2. The van der Waals surface area contributed by atoms with Crippen molar-refractivity contribution in [2.45, 2.75) is 129 Å². The van der Waals surface area contributed by atoms with E-state index >= 15 is 0 Å². The van der Waals surface area contributed by atoms with Gasteiger partial charge in [0.1, 0.15) is 0 Å². The van der Waals surface area contributed by atoms with E-state index in [-0.39, 0.29) is 23.0 Å². The maximum Gasteiger partial charge on any atom is 0.187 e. The molecule has 0 saturated heterocycles. The van der Waals surface area contributed by atoms with Crippen molar-refractivity contribution in [1.29, 1.82) is 0 Å². The van der Waals surface area contributed by atoms with E-state index in [1.54, 1.807) is 0 Å². The summed E-state index contributed by atoms with van der Waals surface area (Å²) in [6, 6.07) is 0. The molecule has 0 bridgehead atoms. The minimum absolute atomic E-state index is 0. The Labute approximate surface area is 151 Å². The van der Waals surface area contributed by atoms with Crippen molar-refractivity contribution in [3.63, 3.8) is 0 Å². The van der Waals surface area contributed by atoms with E-state index in [1.165, 1.54) is 83.5 Å². The first-order valence-corrected chi connectivity index (χ1v) is 9.91. The third-order valence-electron chi connectivity index (χ3n) is 4.74. The van der Waals surface area contributed by atoms with Crippen molar-refractivity contribution >= 4 is 17.4 Å². The molecule has 0 amide bonds. The molecule has 0 aliphatic rings. The SMILES string of the molecule is CCCCCCCC(O)(CCCCCC)CCCCCC.[AlH3]. The molecule has 0 aliphatic heterocycles.